The Labute approximate surface area is 159 Å². The molecule has 29 heavy (non-hydrogen) atoms. The number of aromatic nitrogens is 2. The SMILES string of the molecule is O=C(NCc1ccc(-c2noc(C(F)(F)F)n2)c(F)c1F)C(=O)c1ccccc1. The van der Waals surface area contributed by atoms with Crippen LogP contribution in [0.25, 0.3) is 11.4 Å². The number of carbonyl (C=O) groups is 2. The number of nitrogens with one attached hydrogen (secondary N) is 1. The molecule has 11 heteroatoms. The van der Waals surface area contributed by atoms with Crippen LogP contribution in [0.5, 0.6) is 0 Å². The van der Waals surface area contributed by atoms with Crippen molar-refractivity contribution < 1.29 is 36.1 Å². The third-order valence-electron chi connectivity index (χ3n) is 3.75. The number of amides is 1. The molecule has 0 saturated heterocycles. The number of carbonyl (C=O) groups excluding carboxylic acids is 2. The number of hydrogen-bond acceptors (Lipinski definition) is 5. The molecule has 0 radical (unpaired) electrons. The zero-order chi connectivity index (χ0) is 21.2. The van der Waals surface area contributed by atoms with E-state index in [4.69, 9.17) is 0 Å². The predicted octanol–water partition coefficient (Wildman–Crippen LogP) is 3.53. The van der Waals surface area contributed by atoms with Crippen molar-refractivity contribution in [2.75, 3.05) is 0 Å². The van der Waals surface area contributed by atoms with Gasteiger partial charge in [0.05, 0.1) is 5.56 Å². The monoisotopic (exact) mass is 411 g/mol. The van der Waals surface area contributed by atoms with Crippen molar-refractivity contribution in [1.82, 2.24) is 15.5 Å². The summed E-state index contributed by atoms with van der Waals surface area (Å²) in [4.78, 5) is 26.8. The van der Waals surface area contributed by atoms with E-state index < -0.39 is 53.3 Å². The number of nitrogens with zero attached hydrogens (tertiary/aromatic N) is 2. The Morgan fingerprint density at radius 1 is 1.00 bits per heavy atom. The second-order valence-electron chi connectivity index (χ2n) is 5.70. The molecule has 2 aromatic carbocycles. The Morgan fingerprint density at radius 3 is 2.31 bits per heavy atom. The molecule has 3 aromatic rings. The number of halogens is 5. The van der Waals surface area contributed by atoms with Crippen molar-refractivity contribution in [3.8, 4) is 11.4 Å². The molecule has 0 aliphatic carbocycles. The second kappa shape index (κ2) is 7.78. The highest BCUT2D eigenvalue weighted by Gasteiger charge is 2.39. The third-order valence-corrected chi connectivity index (χ3v) is 3.75. The van der Waals surface area contributed by atoms with Crippen LogP contribution in [0.1, 0.15) is 21.8 Å². The van der Waals surface area contributed by atoms with Gasteiger partial charge in [-0.25, -0.2) is 8.78 Å². The smallest absolute Gasteiger partial charge is 0.345 e. The van der Waals surface area contributed by atoms with E-state index in [0.29, 0.717) is 0 Å². The zero-order valence-corrected chi connectivity index (χ0v) is 14.3. The topological polar surface area (TPSA) is 85.1 Å². The fourth-order valence-corrected chi connectivity index (χ4v) is 2.32. The Kier molecular flexibility index (Phi) is 5.39. The van der Waals surface area contributed by atoms with Gasteiger partial charge in [0.15, 0.2) is 11.6 Å². The maximum Gasteiger partial charge on any atom is 0.471 e. The van der Waals surface area contributed by atoms with Crippen LogP contribution in [0, 0.1) is 11.6 Å². The number of benzene rings is 2. The molecule has 6 nitrogen and oxygen atoms in total. The molecule has 0 fully saturated rings. The first kappa shape index (κ1) is 20.1. The van der Waals surface area contributed by atoms with Gasteiger partial charge in [0.25, 0.3) is 5.91 Å². The van der Waals surface area contributed by atoms with Crippen LogP contribution in [0.15, 0.2) is 47.0 Å². The number of Topliss-reactive ketones (excluding diaryl/α,β-unsaturated/α-hetero) is 1. The Balaban J connectivity index is 1.75. The molecule has 1 N–H and O–H groups in total. The number of alkyl halides is 3. The highest BCUT2D eigenvalue weighted by Crippen LogP contribution is 2.31. The quantitative estimate of drug-likeness (QED) is 0.395. The van der Waals surface area contributed by atoms with Crippen molar-refractivity contribution in [2.24, 2.45) is 0 Å². The summed E-state index contributed by atoms with van der Waals surface area (Å²) in [5, 5.41) is 5.14. The molecule has 0 saturated carbocycles. The van der Waals surface area contributed by atoms with Crippen molar-refractivity contribution in [1.29, 1.82) is 0 Å². The first-order valence-corrected chi connectivity index (χ1v) is 7.94. The fraction of sp³-hybridized carbons (Fsp3) is 0.111. The Bertz CT molecular complexity index is 1060. The van der Waals surface area contributed by atoms with E-state index in [2.05, 4.69) is 20.0 Å². The molecule has 0 spiro atoms. The highest BCUT2D eigenvalue weighted by atomic mass is 19.4. The molecule has 0 aliphatic rings. The summed E-state index contributed by atoms with van der Waals surface area (Å²) in [7, 11) is 0. The number of hydrogen-bond donors (Lipinski definition) is 1. The summed E-state index contributed by atoms with van der Waals surface area (Å²) in [6.07, 6.45) is -4.93. The minimum Gasteiger partial charge on any atom is -0.345 e. The summed E-state index contributed by atoms with van der Waals surface area (Å²) >= 11 is 0. The Hall–Kier alpha value is -3.63. The van der Waals surface area contributed by atoms with Gasteiger partial charge in [-0.05, 0) is 6.07 Å². The first-order chi connectivity index (χ1) is 13.7. The van der Waals surface area contributed by atoms with Crippen LogP contribution < -0.4 is 5.32 Å². The average molecular weight is 411 g/mol. The standard InChI is InChI=1S/C18H10F5N3O3/c19-12-10(8-24-16(28)14(27)9-4-2-1-3-5-9)6-7-11(13(12)20)15-25-17(29-26-15)18(21,22)23/h1-7H,8H2,(H,24,28). The molecule has 3 rings (SSSR count). The molecule has 0 atom stereocenters. The van der Waals surface area contributed by atoms with Gasteiger partial charge in [-0.15, -0.1) is 0 Å². The summed E-state index contributed by atoms with van der Waals surface area (Å²) in [6.45, 7) is -0.527. The van der Waals surface area contributed by atoms with Gasteiger partial charge >= 0.3 is 12.1 Å². The molecule has 0 aliphatic heterocycles. The van der Waals surface area contributed by atoms with Crippen LogP contribution in [-0.4, -0.2) is 21.8 Å². The van der Waals surface area contributed by atoms with E-state index in [1.807, 2.05) is 0 Å². The lowest BCUT2D eigenvalue weighted by atomic mass is 10.1. The van der Waals surface area contributed by atoms with Crippen molar-refractivity contribution in [3.63, 3.8) is 0 Å². The van der Waals surface area contributed by atoms with Crippen LogP contribution in [0.4, 0.5) is 22.0 Å². The zero-order valence-electron chi connectivity index (χ0n) is 14.3. The summed E-state index contributed by atoms with van der Waals surface area (Å²) in [5.74, 6) is -7.36. The third kappa shape index (κ3) is 4.28. The molecule has 1 amide bonds. The molecule has 150 valence electrons. The summed E-state index contributed by atoms with van der Waals surface area (Å²) in [5.41, 5.74) is -0.873. The van der Waals surface area contributed by atoms with E-state index in [9.17, 15) is 31.5 Å². The second-order valence-corrected chi connectivity index (χ2v) is 5.70. The molecule has 0 unspecified atom stereocenters. The maximum atomic E-state index is 14.2. The van der Waals surface area contributed by atoms with Crippen LogP contribution in [0.3, 0.4) is 0 Å². The van der Waals surface area contributed by atoms with Gasteiger partial charge in [0.2, 0.25) is 11.6 Å². The minimum atomic E-state index is -4.93. The van der Waals surface area contributed by atoms with E-state index in [1.165, 1.54) is 12.1 Å². The van der Waals surface area contributed by atoms with E-state index in [1.54, 1.807) is 18.2 Å². The normalized spacial score (nSPS) is 11.3. The largest absolute Gasteiger partial charge is 0.471 e. The van der Waals surface area contributed by atoms with Crippen LogP contribution >= 0.6 is 0 Å². The van der Waals surface area contributed by atoms with Gasteiger partial charge in [-0.3, -0.25) is 9.59 Å². The van der Waals surface area contributed by atoms with Crippen molar-refractivity contribution in [3.05, 3.63) is 71.1 Å². The molecular formula is C18H10F5N3O3. The summed E-state index contributed by atoms with van der Waals surface area (Å²) < 4.78 is 70.0. The number of rotatable bonds is 5. The van der Waals surface area contributed by atoms with Gasteiger partial charge < -0.3 is 9.84 Å². The van der Waals surface area contributed by atoms with Gasteiger partial charge in [-0.1, -0.05) is 41.6 Å². The highest BCUT2D eigenvalue weighted by molar-refractivity contribution is 6.42. The van der Waals surface area contributed by atoms with Crippen molar-refractivity contribution in [2.45, 2.75) is 12.7 Å². The summed E-state index contributed by atoms with van der Waals surface area (Å²) in [6, 6.07) is 9.53. The van der Waals surface area contributed by atoms with E-state index in [-0.39, 0.29) is 11.1 Å². The molecular weight excluding hydrogens is 401 g/mol. The predicted molar refractivity (Wildman–Crippen MR) is 87.3 cm³/mol. The van der Waals surface area contributed by atoms with Gasteiger partial charge in [0.1, 0.15) is 0 Å². The van der Waals surface area contributed by atoms with Gasteiger partial charge in [0, 0.05) is 17.7 Å². The Morgan fingerprint density at radius 2 is 1.69 bits per heavy atom. The average Bonchev–Trinajstić information content (AvgIpc) is 3.19. The lowest BCUT2D eigenvalue weighted by Gasteiger charge is -2.08. The van der Waals surface area contributed by atoms with Crippen LogP contribution in [0.2, 0.25) is 0 Å². The lowest BCUT2D eigenvalue weighted by molar-refractivity contribution is -0.159. The molecule has 1 heterocycles. The van der Waals surface area contributed by atoms with Crippen molar-refractivity contribution >= 4 is 11.7 Å². The maximum absolute atomic E-state index is 14.2. The number of ketones is 1. The fourth-order valence-electron chi connectivity index (χ4n) is 2.32. The molecule has 0 bridgehead atoms. The van der Waals surface area contributed by atoms with E-state index in [0.717, 1.165) is 12.1 Å². The minimum absolute atomic E-state index is 0.115. The lowest BCUT2D eigenvalue weighted by Crippen LogP contribution is -2.31. The van der Waals surface area contributed by atoms with Gasteiger partial charge in [-0.2, -0.15) is 18.2 Å². The van der Waals surface area contributed by atoms with Crippen LogP contribution in [-0.2, 0) is 17.5 Å². The first-order valence-electron chi connectivity index (χ1n) is 7.94. The molecule has 1 aromatic heterocycles. The van der Waals surface area contributed by atoms with E-state index >= 15 is 0 Å².